The van der Waals surface area contributed by atoms with Gasteiger partial charge in [0.05, 0.1) is 14.2 Å². The number of aryl methyl sites for hydroxylation is 1. The maximum Gasteiger partial charge on any atom is 0.192 e. The number of aliphatic imine (C=N–C) groups is 1. The van der Waals surface area contributed by atoms with Crippen LogP contribution in [0.3, 0.4) is 0 Å². The molecule has 3 rings (SSSR count). The summed E-state index contributed by atoms with van der Waals surface area (Å²) in [4.78, 5) is 7.11. The van der Waals surface area contributed by atoms with Gasteiger partial charge >= 0.3 is 0 Å². The summed E-state index contributed by atoms with van der Waals surface area (Å²) in [5, 5.41) is 15.1. The van der Waals surface area contributed by atoms with Crippen LogP contribution >= 0.6 is 0 Å². The van der Waals surface area contributed by atoms with Crippen LogP contribution in [-0.4, -0.2) is 65.5 Å². The average Bonchev–Trinajstić information content (AvgIpc) is 3.35. The van der Waals surface area contributed by atoms with Gasteiger partial charge in [-0.1, -0.05) is 6.08 Å². The number of likely N-dealkylation sites (tertiary alicyclic amines) is 1. The normalized spacial score (nSPS) is 16.9. The van der Waals surface area contributed by atoms with Gasteiger partial charge in [-0.15, -0.1) is 16.8 Å². The Morgan fingerprint density at radius 3 is 2.61 bits per heavy atom. The standard InChI is InChI=1S/C22H33N7O2/c1-6-8-23-22(24-13-21-27-26-16(2)28(21)3)25-18-7-9-29(15-18)14-17-10-19(30-4)12-20(11-17)31-5/h6,10-12,18H,1,7-9,13-15H2,2-5H3,(H2,23,24,25). The smallest absolute Gasteiger partial charge is 0.192 e. The molecule has 1 aliphatic rings. The Morgan fingerprint density at radius 2 is 2.00 bits per heavy atom. The van der Waals surface area contributed by atoms with Gasteiger partial charge in [-0.3, -0.25) is 4.90 Å². The monoisotopic (exact) mass is 427 g/mol. The van der Waals surface area contributed by atoms with E-state index >= 15 is 0 Å². The number of hydrogen-bond donors (Lipinski definition) is 2. The second-order valence-corrected chi connectivity index (χ2v) is 7.64. The maximum atomic E-state index is 5.39. The second-order valence-electron chi connectivity index (χ2n) is 7.64. The molecule has 0 aliphatic carbocycles. The minimum Gasteiger partial charge on any atom is -0.497 e. The third kappa shape index (κ3) is 6.21. The number of aromatic nitrogens is 3. The first-order chi connectivity index (χ1) is 15.0. The Labute approximate surface area is 184 Å². The van der Waals surface area contributed by atoms with E-state index in [1.807, 2.05) is 30.7 Å². The summed E-state index contributed by atoms with van der Waals surface area (Å²) in [5.74, 6) is 4.09. The first kappa shape index (κ1) is 22.6. The second kappa shape index (κ2) is 10.8. The van der Waals surface area contributed by atoms with Gasteiger partial charge < -0.3 is 24.7 Å². The lowest BCUT2D eigenvalue weighted by atomic mass is 10.2. The molecule has 2 heterocycles. The molecule has 31 heavy (non-hydrogen) atoms. The summed E-state index contributed by atoms with van der Waals surface area (Å²) in [5.41, 5.74) is 1.17. The zero-order valence-electron chi connectivity index (χ0n) is 18.9. The van der Waals surface area contributed by atoms with Crippen LogP contribution in [0.2, 0.25) is 0 Å². The van der Waals surface area contributed by atoms with Crippen LogP contribution in [0.1, 0.15) is 23.6 Å². The first-order valence-electron chi connectivity index (χ1n) is 10.5. The molecule has 0 amide bonds. The van der Waals surface area contributed by atoms with Crippen LogP contribution in [0.15, 0.2) is 35.8 Å². The topological polar surface area (TPSA) is 88.8 Å². The molecule has 168 valence electrons. The highest BCUT2D eigenvalue weighted by atomic mass is 16.5. The van der Waals surface area contributed by atoms with Crippen LogP contribution in [0.4, 0.5) is 0 Å². The Morgan fingerprint density at radius 1 is 1.26 bits per heavy atom. The van der Waals surface area contributed by atoms with Crippen molar-refractivity contribution in [3.63, 3.8) is 0 Å². The minimum atomic E-state index is 0.310. The molecule has 1 saturated heterocycles. The van der Waals surface area contributed by atoms with Gasteiger partial charge in [0.1, 0.15) is 23.9 Å². The lowest BCUT2D eigenvalue weighted by molar-refractivity contribution is 0.321. The molecule has 1 fully saturated rings. The summed E-state index contributed by atoms with van der Waals surface area (Å²) in [6.07, 6.45) is 2.86. The minimum absolute atomic E-state index is 0.310. The van der Waals surface area contributed by atoms with Gasteiger partial charge in [0.15, 0.2) is 11.8 Å². The predicted molar refractivity (Wildman–Crippen MR) is 121 cm³/mol. The summed E-state index contributed by atoms with van der Waals surface area (Å²) >= 11 is 0. The van der Waals surface area contributed by atoms with Crippen molar-refractivity contribution in [1.82, 2.24) is 30.3 Å². The maximum absolute atomic E-state index is 5.39. The number of benzene rings is 1. The van der Waals surface area contributed by atoms with Gasteiger partial charge in [-0.2, -0.15) is 0 Å². The van der Waals surface area contributed by atoms with Crippen molar-refractivity contribution >= 4 is 5.96 Å². The third-order valence-corrected chi connectivity index (χ3v) is 5.41. The molecule has 1 unspecified atom stereocenters. The molecule has 9 heteroatoms. The third-order valence-electron chi connectivity index (χ3n) is 5.41. The number of rotatable bonds is 9. The van der Waals surface area contributed by atoms with Crippen LogP contribution in [0, 0.1) is 6.92 Å². The van der Waals surface area contributed by atoms with E-state index in [0.29, 0.717) is 19.1 Å². The van der Waals surface area contributed by atoms with Gasteiger partial charge in [0.2, 0.25) is 0 Å². The Bertz CT molecular complexity index is 887. The molecular weight excluding hydrogens is 394 g/mol. The van der Waals surface area contributed by atoms with Gasteiger partial charge in [0, 0.05) is 45.3 Å². The fraction of sp³-hybridized carbons (Fsp3) is 0.500. The summed E-state index contributed by atoms with van der Waals surface area (Å²) in [6, 6.07) is 6.32. The lowest BCUT2D eigenvalue weighted by Crippen LogP contribution is -2.44. The molecule has 1 atom stereocenters. The Kier molecular flexibility index (Phi) is 7.88. The molecule has 2 aromatic rings. The van der Waals surface area contributed by atoms with Crippen molar-refractivity contribution in [2.45, 2.75) is 32.5 Å². The van der Waals surface area contributed by atoms with Crippen LogP contribution in [0.25, 0.3) is 0 Å². The van der Waals surface area contributed by atoms with E-state index < -0.39 is 0 Å². The molecular formula is C22H33N7O2. The zero-order chi connectivity index (χ0) is 22.2. The Balaban J connectivity index is 1.60. The van der Waals surface area contributed by atoms with Gasteiger partial charge in [0.25, 0.3) is 0 Å². The van der Waals surface area contributed by atoms with Crippen molar-refractivity contribution < 1.29 is 9.47 Å². The quantitative estimate of drug-likeness (QED) is 0.357. The molecule has 0 radical (unpaired) electrons. The van der Waals surface area contributed by atoms with Crippen molar-refractivity contribution in [3.05, 3.63) is 48.1 Å². The number of nitrogens with zero attached hydrogens (tertiary/aromatic N) is 5. The number of nitrogens with one attached hydrogen (secondary N) is 2. The fourth-order valence-corrected chi connectivity index (χ4v) is 3.56. The predicted octanol–water partition coefficient (Wildman–Crippen LogP) is 1.64. The van der Waals surface area contributed by atoms with E-state index in [9.17, 15) is 0 Å². The van der Waals surface area contributed by atoms with Crippen molar-refractivity contribution in [2.75, 3.05) is 33.9 Å². The van der Waals surface area contributed by atoms with Crippen molar-refractivity contribution in [3.8, 4) is 11.5 Å². The van der Waals surface area contributed by atoms with E-state index in [1.165, 1.54) is 5.56 Å². The molecule has 0 spiro atoms. The molecule has 0 saturated carbocycles. The van der Waals surface area contributed by atoms with Crippen molar-refractivity contribution in [1.29, 1.82) is 0 Å². The van der Waals surface area contributed by atoms with Gasteiger partial charge in [-0.25, -0.2) is 4.99 Å². The van der Waals surface area contributed by atoms with Crippen LogP contribution < -0.4 is 20.1 Å². The van der Waals surface area contributed by atoms with Crippen molar-refractivity contribution in [2.24, 2.45) is 12.0 Å². The van der Waals surface area contributed by atoms with Gasteiger partial charge in [-0.05, 0) is 31.0 Å². The Hall–Kier alpha value is -3.07. The number of ether oxygens (including phenoxy) is 2. The largest absolute Gasteiger partial charge is 0.497 e. The molecule has 0 bridgehead atoms. The van der Waals surface area contributed by atoms with E-state index in [0.717, 1.165) is 55.2 Å². The molecule has 2 N–H and O–H groups in total. The molecule has 9 nitrogen and oxygen atoms in total. The number of hydrogen-bond acceptors (Lipinski definition) is 6. The number of methoxy groups -OCH3 is 2. The zero-order valence-corrected chi connectivity index (χ0v) is 18.9. The van der Waals surface area contributed by atoms with E-state index in [1.54, 1.807) is 14.2 Å². The van der Waals surface area contributed by atoms with Crippen LogP contribution in [0.5, 0.6) is 11.5 Å². The summed E-state index contributed by atoms with van der Waals surface area (Å²) in [7, 11) is 5.30. The molecule has 1 aromatic heterocycles. The van der Waals surface area contributed by atoms with E-state index in [2.05, 4.69) is 44.4 Å². The highest BCUT2D eigenvalue weighted by Gasteiger charge is 2.23. The highest BCUT2D eigenvalue weighted by Crippen LogP contribution is 2.24. The SMILES string of the molecule is C=CCNC(=NCc1nnc(C)n1C)NC1CCN(Cc2cc(OC)cc(OC)c2)C1. The fourth-order valence-electron chi connectivity index (χ4n) is 3.56. The number of guanidine groups is 1. The molecule has 1 aromatic carbocycles. The summed E-state index contributed by atoms with van der Waals surface area (Å²) in [6.45, 7) is 9.60. The summed E-state index contributed by atoms with van der Waals surface area (Å²) < 4.78 is 12.7. The lowest BCUT2D eigenvalue weighted by Gasteiger charge is -2.19. The van der Waals surface area contributed by atoms with Crippen LogP contribution in [-0.2, 0) is 20.1 Å². The van der Waals surface area contributed by atoms with E-state index in [4.69, 9.17) is 14.5 Å². The first-order valence-corrected chi connectivity index (χ1v) is 10.5. The highest BCUT2D eigenvalue weighted by molar-refractivity contribution is 5.80. The average molecular weight is 428 g/mol. The molecule has 1 aliphatic heterocycles. The van der Waals surface area contributed by atoms with E-state index in [-0.39, 0.29) is 0 Å².